The monoisotopic (exact) mass is 1710 g/mol. The van der Waals surface area contributed by atoms with Crippen LogP contribution in [0, 0.1) is 0 Å². The molecule has 622 valence electrons. The molecule has 20 aromatic carbocycles. The number of nitrogens with zero attached hydrogens (tertiary/aromatic N) is 13. The third kappa shape index (κ3) is 11.5. The van der Waals surface area contributed by atoms with Gasteiger partial charge in [0.25, 0.3) is 0 Å². The smallest absolute Gasteiger partial charge is 0.248 e. The predicted octanol–water partition coefficient (Wildman–Crippen LogP) is 30.0. The van der Waals surface area contributed by atoms with Crippen LogP contribution in [0.25, 0.3) is 270 Å². The number of aromatic nitrogens is 13. The fourth-order valence-electron chi connectivity index (χ4n) is 21.6. The summed E-state index contributed by atoms with van der Waals surface area (Å²) in [7, 11) is 0. The van der Waals surface area contributed by atoms with Gasteiger partial charge in [-0.3, -0.25) is 23.9 Å². The Morgan fingerprint density at radius 3 is 1.09 bits per heavy atom. The van der Waals surface area contributed by atoms with Crippen LogP contribution < -0.4 is 0 Å². The second-order valence-electron chi connectivity index (χ2n) is 34.6. The Labute approximate surface area is 763 Å². The molecule has 0 unspecified atom stereocenters. The molecule has 0 bridgehead atoms. The molecular formula is C120H71N13O. The Hall–Kier alpha value is -18.4. The second-order valence-corrected chi connectivity index (χ2v) is 34.6. The van der Waals surface area contributed by atoms with Gasteiger partial charge in [0, 0.05) is 133 Å². The molecule has 30 rings (SSSR count). The van der Waals surface area contributed by atoms with Crippen molar-refractivity contribution in [1.29, 1.82) is 0 Å². The Morgan fingerprint density at radius 1 is 0.231 bits per heavy atom. The fourth-order valence-corrected chi connectivity index (χ4v) is 21.6. The maximum absolute atomic E-state index is 6.19. The van der Waals surface area contributed by atoms with Gasteiger partial charge in [0.15, 0.2) is 0 Å². The average molecular weight is 1710 g/mol. The van der Waals surface area contributed by atoms with Crippen LogP contribution in [0.4, 0.5) is 0 Å². The van der Waals surface area contributed by atoms with Gasteiger partial charge in [0.1, 0.15) is 5.82 Å². The van der Waals surface area contributed by atoms with Crippen LogP contribution in [-0.4, -0.2) is 62.8 Å². The molecule has 0 aliphatic carbocycles. The third-order valence-electron chi connectivity index (χ3n) is 27.4. The minimum absolute atomic E-state index is 0.518. The summed E-state index contributed by atoms with van der Waals surface area (Å²) in [5, 5.41) is 38.4. The number of hydrogen-bond acceptors (Lipinski definition) is 9. The van der Waals surface area contributed by atoms with Gasteiger partial charge in [0.2, 0.25) is 17.6 Å². The van der Waals surface area contributed by atoms with Gasteiger partial charge in [0.05, 0.1) is 49.8 Å². The highest BCUT2D eigenvalue weighted by Crippen LogP contribution is 2.51. The van der Waals surface area contributed by atoms with Crippen LogP contribution in [0.3, 0.4) is 0 Å². The van der Waals surface area contributed by atoms with Crippen molar-refractivity contribution in [3.05, 3.63) is 432 Å². The molecule has 10 aromatic heterocycles. The lowest BCUT2D eigenvalue weighted by Gasteiger charge is -2.16. The lowest BCUT2D eigenvalue weighted by molar-refractivity contribution is 0.585. The summed E-state index contributed by atoms with van der Waals surface area (Å²) in [6.07, 6.45) is 17.4. The van der Waals surface area contributed by atoms with Gasteiger partial charge in [-0.25, -0.2) is 15.0 Å². The van der Waals surface area contributed by atoms with Crippen LogP contribution in [0.5, 0.6) is 0 Å². The number of rotatable bonds is 10. The van der Waals surface area contributed by atoms with E-state index in [1.165, 1.54) is 163 Å². The van der Waals surface area contributed by atoms with Crippen molar-refractivity contribution < 1.29 is 4.42 Å². The summed E-state index contributed by atoms with van der Waals surface area (Å²) in [6.45, 7) is 0. The molecule has 134 heavy (non-hydrogen) atoms. The van der Waals surface area contributed by atoms with E-state index in [4.69, 9.17) is 14.4 Å². The number of para-hydroxylation sites is 5. The first-order valence-corrected chi connectivity index (χ1v) is 45.0. The molecule has 0 fully saturated rings. The molecule has 0 saturated heterocycles. The number of pyridine rings is 3. The van der Waals surface area contributed by atoms with E-state index in [2.05, 4.69) is 382 Å². The number of fused-ring (bicyclic) bond motifs is 14. The van der Waals surface area contributed by atoms with Crippen LogP contribution in [-0.2, 0) is 0 Å². The third-order valence-corrected chi connectivity index (χ3v) is 27.4. The van der Waals surface area contributed by atoms with Gasteiger partial charge in [-0.2, -0.15) is 0 Å². The first-order chi connectivity index (χ1) is 66.5. The Bertz CT molecular complexity index is 9900. The summed E-state index contributed by atoms with van der Waals surface area (Å²) in [4.78, 5) is 27.8. The van der Waals surface area contributed by atoms with Crippen molar-refractivity contribution in [3.63, 3.8) is 0 Å². The molecule has 0 aliphatic rings. The van der Waals surface area contributed by atoms with Crippen molar-refractivity contribution in [2.45, 2.75) is 0 Å². The maximum atomic E-state index is 6.19. The van der Waals surface area contributed by atoms with E-state index >= 15 is 0 Å². The number of hydrogen-bond donors (Lipinski definition) is 0. The molecule has 0 radical (unpaired) electrons. The number of imidazole rings is 2. The molecule has 0 saturated carbocycles. The summed E-state index contributed by atoms with van der Waals surface area (Å²) in [6, 6.07) is 134. The topological polar surface area (TPSA) is 140 Å². The molecule has 30 aromatic rings. The molecule has 14 heteroatoms. The minimum atomic E-state index is 0.518. The molecule has 0 spiro atoms. The molecule has 10 heterocycles. The van der Waals surface area contributed by atoms with E-state index in [0.717, 1.165) is 89.4 Å². The first-order valence-electron chi connectivity index (χ1n) is 45.0. The van der Waals surface area contributed by atoms with Gasteiger partial charge >= 0.3 is 0 Å². The zero-order valence-corrected chi connectivity index (χ0v) is 71.7. The molecule has 14 nitrogen and oxygen atoms in total. The Kier molecular flexibility index (Phi) is 16.5. The van der Waals surface area contributed by atoms with Gasteiger partial charge in [-0.15, -0.1) is 10.2 Å². The van der Waals surface area contributed by atoms with Crippen molar-refractivity contribution in [2.75, 3.05) is 0 Å². The van der Waals surface area contributed by atoms with Gasteiger partial charge in [-0.05, 0) is 241 Å². The maximum Gasteiger partial charge on any atom is 0.248 e. The van der Waals surface area contributed by atoms with Crippen molar-refractivity contribution in [1.82, 2.24) is 62.8 Å². The summed E-state index contributed by atoms with van der Waals surface area (Å²) >= 11 is 0. The summed E-state index contributed by atoms with van der Waals surface area (Å²) in [5.74, 6) is 2.68. The highest BCUT2D eigenvalue weighted by atomic mass is 16.4. The highest BCUT2D eigenvalue weighted by molar-refractivity contribution is 6.37. The van der Waals surface area contributed by atoms with Crippen LogP contribution in [0.1, 0.15) is 0 Å². The fraction of sp³-hybridized carbons (Fsp3) is 0. The van der Waals surface area contributed by atoms with Crippen LogP contribution in [0.15, 0.2) is 436 Å². The van der Waals surface area contributed by atoms with Gasteiger partial charge < -0.3 is 18.1 Å². The van der Waals surface area contributed by atoms with Gasteiger partial charge in [-0.1, -0.05) is 255 Å². The SMILES string of the molecule is c1ccc(-c2nc3ccccc3n2-c2ccc(-c3ccc4ccc5c6c(ccc3c46)cc3c5c4cnccc4n3-c3ccccc3)cc2)cc1.c1ccc(-c2nnc(-c3ccc4ccc5c6c(ccc3c46)cc3c5c4cnccc4n3-c3ccccc3)o2)cc1.c1ccc(-n2c3ccncc3c3c4ccc5ccc(-c6ccc(-c7cn8cccnc8n7)cc6)c6ccc(cc32)c4c56)cc1. The first kappa shape index (κ1) is 74.7. The highest BCUT2D eigenvalue weighted by Gasteiger charge is 2.27. The standard InChI is InChI=1S/C46H28N4.C39H23N5.C35H20N4O/c1-3-9-31(10-4-1)46-48-39-13-7-8-14-41(39)50(46)34-20-15-29(16-21-34)35-22-17-30-18-24-37-44-32(19-23-36(35)43(30)44)27-42-45(37)38-28-47-26-25-40(38)49(42)33-11-5-2-6-12-33;1-2-5-28(6-3-1)44-34-17-19-40-22-32(34)38-31-16-12-26-11-14-29(30-15-13-27(21-35(38)44)37(31)36(26)30)24-7-9-25(10-8-24)33-23-43-20-4-18-41-39(43)42-33;1-3-7-22(8-4-1)34-37-38-35(40-34)26-15-11-21-12-16-27-32-23(13-14-25(26)31(21)32)19-30-33(27)28-20-36-18-17-29(28)39(30)24-9-5-2-6-10-24/h1-28H;1-23H;1-20H. The van der Waals surface area contributed by atoms with Crippen molar-refractivity contribution >= 4 is 179 Å². The van der Waals surface area contributed by atoms with E-state index in [9.17, 15) is 0 Å². The summed E-state index contributed by atoms with van der Waals surface area (Å²) < 4.78 is 17.5. The Morgan fingerprint density at radius 2 is 0.612 bits per heavy atom. The lowest BCUT2D eigenvalue weighted by atomic mass is 9.88. The largest absolute Gasteiger partial charge is 0.416 e. The van der Waals surface area contributed by atoms with Crippen molar-refractivity contribution in [2.24, 2.45) is 0 Å². The normalized spacial score (nSPS) is 12.0. The van der Waals surface area contributed by atoms with E-state index in [0.29, 0.717) is 17.6 Å². The quantitative estimate of drug-likeness (QED) is 0.122. The van der Waals surface area contributed by atoms with E-state index in [1.54, 1.807) is 6.20 Å². The van der Waals surface area contributed by atoms with Crippen LogP contribution >= 0.6 is 0 Å². The molecule has 0 aliphatic heterocycles. The van der Waals surface area contributed by atoms with E-state index in [-0.39, 0.29) is 0 Å². The molecule has 0 amide bonds. The number of benzene rings is 20. The lowest BCUT2D eigenvalue weighted by Crippen LogP contribution is -1.97. The Balaban J connectivity index is 0.000000101. The summed E-state index contributed by atoms with van der Waals surface area (Å²) in [5.41, 5.74) is 23.4. The molecule has 0 atom stereocenters. The zero-order valence-electron chi connectivity index (χ0n) is 71.7. The predicted molar refractivity (Wildman–Crippen MR) is 548 cm³/mol. The van der Waals surface area contributed by atoms with E-state index < -0.39 is 0 Å². The minimum Gasteiger partial charge on any atom is -0.416 e. The zero-order chi connectivity index (χ0) is 87.7. The van der Waals surface area contributed by atoms with Crippen LogP contribution in [0.2, 0.25) is 0 Å². The van der Waals surface area contributed by atoms with E-state index in [1.807, 2.05) is 96.4 Å². The average Bonchev–Trinajstić information content (AvgIpc) is 1.50. The molecule has 0 N–H and O–H groups in total. The second kappa shape index (κ2) is 29.6. The van der Waals surface area contributed by atoms with Crippen molar-refractivity contribution in [3.8, 4) is 90.6 Å². The molecular weight excluding hydrogens is 1640 g/mol.